The lowest BCUT2D eigenvalue weighted by Crippen LogP contribution is -2.55. The number of hydrogen-bond donors (Lipinski definition) is 0. The number of carbonyl (C=O) groups excluding carboxylic acids is 2. The van der Waals surface area contributed by atoms with Gasteiger partial charge < -0.3 is 4.90 Å². The van der Waals surface area contributed by atoms with Crippen LogP contribution in [0, 0.1) is 0 Å². The van der Waals surface area contributed by atoms with Crippen molar-refractivity contribution in [2.75, 3.05) is 18.0 Å². The molecular weight excluding hydrogens is 486 g/mol. The SMILES string of the molecule is CCN1C(=O)C(=Cc2ccc(N(c3ccccc3)c3cccc4ccccc34)s2)C(=O)N(CC)C1=S. The molecule has 0 radical (unpaired) electrons. The highest BCUT2D eigenvalue weighted by atomic mass is 32.1. The predicted molar refractivity (Wildman–Crippen MR) is 152 cm³/mol. The number of carbonyl (C=O) groups is 2. The number of likely N-dealkylation sites (N-methyl/N-ethyl adjacent to an activating group) is 2. The van der Waals surface area contributed by atoms with Crippen molar-refractivity contribution in [2.45, 2.75) is 13.8 Å². The van der Waals surface area contributed by atoms with Gasteiger partial charge in [0.15, 0.2) is 5.11 Å². The molecule has 0 bridgehead atoms. The zero-order valence-electron chi connectivity index (χ0n) is 20.0. The minimum absolute atomic E-state index is 0.136. The van der Waals surface area contributed by atoms with Crippen molar-refractivity contribution in [1.29, 1.82) is 0 Å². The highest BCUT2D eigenvalue weighted by Crippen LogP contribution is 2.42. The second-order valence-electron chi connectivity index (χ2n) is 8.28. The van der Waals surface area contributed by atoms with Crippen LogP contribution < -0.4 is 4.90 Å². The van der Waals surface area contributed by atoms with Gasteiger partial charge in [-0.2, -0.15) is 0 Å². The average molecular weight is 512 g/mol. The molecule has 1 saturated heterocycles. The second-order valence-corrected chi connectivity index (χ2v) is 9.74. The van der Waals surface area contributed by atoms with Gasteiger partial charge in [0.05, 0.1) is 5.69 Å². The Morgan fingerprint density at radius 1 is 0.806 bits per heavy atom. The quantitative estimate of drug-likeness (QED) is 0.163. The van der Waals surface area contributed by atoms with Gasteiger partial charge in [0.25, 0.3) is 11.8 Å². The number of nitrogens with zero attached hydrogens (tertiary/aromatic N) is 3. The predicted octanol–water partition coefficient (Wildman–Crippen LogP) is 6.75. The summed E-state index contributed by atoms with van der Waals surface area (Å²) in [6.45, 7) is 4.54. The lowest BCUT2D eigenvalue weighted by Gasteiger charge is -2.35. The zero-order valence-corrected chi connectivity index (χ0v) is 21.7. The number of fused-ring (bicyclic) bond motifs is 1. The Labute approximate surface area is 219 Å². The molecule has 1 aliphatic rings. The normalized spacial score (nSPS) is 14.1. The third kappa shape index (κ3) is 4.21. The summed E-state index contributed by atoms with van der Waals surface area (Å²) < 4.78 is 0. The second kappa shape index (κ2) is 10.0. The van der Waals surface area contributed by atoms with Crippen LogP contribution in [0.2, 0.25) is 0 Å². The number of para-hydroxylation sites is 1. The minimum atomic E-state index is -0.346. The van der Waals surface area contributed by atoms with E-state index in [1.807, 2.05) is 56.3 Å². The van der Waals surface area contributed by atoms with Crippen molar-refractivity contribution >= 4 is 73.7 Å². The van der Waals surface area contributed by atoms with E-state index in [9.17, 15) is 9.59 Å². The summed E-state index contributed by atoms with van der Waals surface area (Å²) in [7, 11) is 0. The number of rotatable bonds is 6. The largest absolute Gasteiger partial charge is 0.301 e. The third-order valence-electron chi connectivity index (χ3n) is 6.19. The Morgan fingerprint density at radius 3 is 2.14 bits per heavy atom. The van der Waals surface area contributed by atoms with Crippen LogP contribution in [0.15, 0.2) is 90.5 Å². The van der Waals surface area contributed by atoms with Gasteiger partial charge in [0, 0.05) is 29.0 Å². The van der Waals surface area contributed by atoms with Crippen LogP contribution in [0.4, 0.5) is 16.4 Å². The van der Waals surface area contributed by atoms with Crippen LogP contribution in [-0.4, -0.2) is 39.8 Å². The summed E-state index contributed by atoms with van der Waals surface area (Å²) in [6.07, 6.45) is 1.69. The molecule has 2 amide bonds. The monoisotopic (exact) mass is 511 g/mol. The summed E-state index contributed by atoms with van der Waals surface area (Å²) in [6, 6.07) is 28.8. The van der Waals surface area contributed by atoms with E-state index in [2.05, 4.69) is 47.4 Å². The minimum Gasteiger partial charge on any atom is -0.301 e. The van der Waals surface area contributed by atoms with Gasteiger partial charge in [-0.25, -0.2) is 0 Å². The van der Waals surface area contributed by atoms with Gasteiger partial charge in [-0.1, -0.05) is 54.6 Å². The maximum absolute atomic E-state index is 13.1. The van der Waals surface area contributed by atoms with Gasteiger partial charge in [0.2, 0.25) is 0 Å². The smallest absolute Gasteiger partial charge is 0.265 e. The first-order chi connectivity index (χ1) is 17.5. The fourth-order valence-corrected chi connectivity index (χ4v) is 5.84. The van der Waals surface area contributed by atoms with Crippen molar-refractivity contribution in [2.24, 2.45) is 0 Å². The fraction of sp³-hybridized carbons (Fsp3) is 0.138. The molecule has 0 spiro atoms. The summed E-state index contributed by atoms with van der Waals surface area (Å²) in [5.74, 6) is -0.692. The molecule has 0 N–H and O–H groups in total. The maximum atomic E-state index is 13.1. The summed E-state index contributed by atoms with van der Waals surface area (Å²) >= 11 is 6.91. The van der Waals surface area contributed by atoms with E-state index in [1.165, 1.54) is 21.1 Å². The number of benzene rings is 3. The molecule has 180 valence electrons. The highest BCUT2D eigenvalue weighted by molar-refractivity contribution is 7.80. The molecule has 2 heterocycles. The molecule has 3 aromatic carbocycles. The summed E-state index contributed by atoms with van der Waals surface area (Å²) in [5.41, 5.74) is 2.22. The number of amides is 2. The van der Waals surface area contributed by atoms with E-state index in [0.717, 1.165) is 32.0 Å². The van der Waals surface area contributed by atoms with Crippen molar-refractivity contribution in [3.8, 4) is 0 Å². The zero-order chi connectivity index (χ0) is 25.2. The summed E-state index contributed by atoms with van der Waals surface area (Å²) in [4.78, 5) is 32.2. The Hall–Kier alpha value is -3.81. The highest BCUT2D eigenvalue weighted by Gasteiger charge is 2.37. The molecular formula is C29H25N3O2S2. The van der Waals surface area contributed by atoms with Crippen LogP contribution in [0.5, 0.6) is 0 Å². The molecule has 1 aliphatic heterocycles. The first-order valence-electron chi connectivity index (χ1n) is 11.9. The van der Waals surface area contributed by atoms with Gasteiger partial charge in [-0.3, -0.25) is 19.4 Å². The third-order valence-corrected chi connectivity index (χ3v) is 7.65. The van der Waals surface area contributed by atoms with Crippen molar-refractivity contribution < 1.29 is 9.59 Å². The Kier molecular flexibility index (Phi) is 6.67. The van der Waals surface area contributed by atoms with E-state index in [4.69, 9.17) is 12.2 Å². The van der Waals surface area contributed by atoms with Crippen molar-refractivity contribution in [3.05, 3.63) is 95.4 Å². The summed E-state index contributed by atoms with van der Waals surface area (Å²) in [5, 5.41) is 3.55. The standard InChI is InChI=1S/C29H25N3O2S2/c1-3-30-27(33)24(28(34)31(4-2)29(30)35)19-22-17-18-26(36-22)32(21-13-6-5-7-14-21)25-16-10-12-20-11-8-9-15-23(20)25/h5-19H,3-4H2,1-2H3. The molecule has 4 aromatic rings. The number of hydrogen-bond acceptors (Lipinski definition) is 5. The van der Waals surface area contributed by atoms with Crippen molar-refractivity contribution in [1.82, 2.24) is 9.80 Å². The molecule has 1 fully saturated rings. The van der Waals surface area contributed by atoms with Crippen LogP contribution in [0.25, 0.3) is 16.8 Å². The molecule has 0 saturated carbocycles. The van der Waals surface area contributed by atoms with Gasteiger partial charge >= 0.3 is 0 Å². The fourth-order valence-electron chi connectivity index (χ4n) is 4.43. The Morgan fingerprint density at radius 2 is 1.44 bits per heavy atom. The molecule has 36 heavy (non-hydrogen) atoms. The van der Waals surface area contributed by atoms with Crippen LogP contribution in [-0.2, 0) is 9.59 Å². The van der Waals surface area contributed by atoms with Gasteiger partial charge in [-0.05, 0) is 67.9 Å². The van der Waals surface area contributed by atoms with E-state index in [-0.39, 0.29) is 22.5 Å². The molecule has 0 atom stereocenters. The van der Waals surface area contributed by atoms with Crippen LogP contribution >= 0.6 is 23.6 Å². The van der Waals surface area contributed by atoms with E-state index in [1.54, 1.807) is 6.08 Å². The first kappa shape index (κ1) is 23.9. The number of thiocarbonyl (C=S) groups is 1. The lowest BCUT2D eigenvalue weighted by molar-refractivity contribution is -0.133. The van der Waals surface area contributed by atoms with Gasteiger partial charge in [-0.15, -0.1) is 11.3 Å². The van der Waals surface area contributed by atoms with Crippen LogP contribution in [0.3, 0.4) is 0 Å². The molecule has 0 aliphatic carbocycles. The molecule has 5 rings (SSSR count). The Bertz CT molecular complexity index is 1460. The van der Waals surface area contributed by atoms with E-state index >= 15 is 0 Å². The molecule has 0 unspecified atom stereocenters. The van der Waals surface area contributed by atoms with Crippen LogP contribution in [0.1, 0.15) is 18.7 Å². The number of thiophene rings is 1. The molecule has 7 heteroatoms. The molecule has 5 nitrogen and oxygen atoms in total. The topological polar surface area (TPSA) is 43.9 Å². The van der Waals surface area contributed by atoms with Crippen molar-refractivity contribution in [3.63, 3.8) is 0 Å². The van der Waals surface area contributed by atoms with Gasteiger partial charge in [0.1, 0.15) is 10.6 Å². The Balaban J connectivity index is 1.60. The lowest BCUT2D eigenvalue weighted by atomic mass is 10.1. The number of anilines is 3. The van der Waals surface area contributed by atoms with E-state index < -0.39 is 0 Å². The molecule has 1 aromatic heterocycles. The van der Waals surface area contributed by atoms with E-state index in [0.29, 0.717) is 13.1 Å². The maximum Gasteiger partial charge on any atom is 0.265 e. The average Bonchev–Trinajstić information content (AvgIpc) is 3.36. The first-order valence-corrected chi connectivity index (χ1v) is 13.1.